The second-order valence-corrected chi connectivity index (χ2v) is 5.77. The number of halogens is 1. The van der Waals surface area contributed by atoms with E-state index in [1.54, 1.807) is 0 Å². The average molecular weight is 344 g/mol. The summed E-state index contributed by atoms with van der Waals surface area (Å²) in [7, 11) is 0. The van der Waals surface area contributed by atoms with E-state index in [4.69, 9.17) is 4.74 Å². The van der Waals surface area contributed by atoms with Crippen LogP contribution >= 0.6 is 22.6 Å². The number of carbonyl (C=O) groups excluding carboxylic acids is 1. The van der Waals surface area contributed by atoms with Crippen molar-refractivity contribution in [2.45, 2.75) is 26.2 Å². The van der Waals surface area contributed by atoms with Crippen molar-refractivity contribution < 1.29 is 9.53 Å². The highest BCUT2D eigenvalue weighted by atomic mass is 127. The molecule has 17 heavy (non-hydrogen) atoms. The number of aryl methyl sites for hydroxylation is 1. The molecule has 0 aliphatic heterocycles. The first kappa shape index (κ1) is 12.9. The third-order valence-corrected chi connectivity index (χ3v) is 3.95. The molecule has 0 unspecified atom stereocenters. The van der Waals surface area contributed by atoms with E-state index in [2.05, 4.69) is 46.9 Å². The molecule has 2 nitrogen and oxygen atoms in total. The van der Waals surface area contributed by atoms with Crippen LogP contribution in [0.3, 0.4) is 0 Å². The van der Waals surface area contributed by atoms with E-state index in [9.17, 15) is 4.79 Å². The summed E-state index contributed by atoms with van der Waals surface area (Å²) in [5.74, 6) is 0.729. The zero-order valence-corrected chi connectivity index (χ0v) is 12.1. The molecule has 3 heteroatoms. The Balaban J connectivity index is 1.74. The van der Waals surface area contributed by atoms with Crippen molar-refractivity contribution in [2.75, 3.05) is 6.61 Å². The summed E-state index contributed by atoms with van der Waals surface area (Å²) < 4.78 is 6.29. The minimum absolute atomic E-state index is 0.000102. The third-order valence-electron chi connectivity index (χ3n) is 3.23. The number of carbonyl (C=O) groups is 1. The average Bonchev–Trinajstić information content (AvgIpc) is 3.08. The van der Waals surface area contributed by atoms with Crippen LogP contribution in [-0.2, 0) is 16.0 Å². The van der Waals surface area contributed by atoms with Gasteiger partial charge in [-0.15, -0.1) is 0 Å². The van der Waals surface area contributed by atoms with Gasteiger partial charge in [-0.3, -0.25) is 4.79 Å². The van der Waals surface area contributed by atoms with E-state index in [1.165, 1.54) is 9.13 Å². The van der Waals surface area contributed by atoms with E-state index in [1.807, 2.05) is 6.92 Å². The number of hydrogen-bond donors (Lipinski definition) is 0. The molecular formula is C14H17IO2. The second kappa shape index (κ2) is 5.85. The van der Waals surface area contributed by atoms with E-state index >= 15 is 0 Å². The molecule has 0 amide bonds. The number of benzene rings is 1. The van der Waals surface area contributed by atoms with Crippen LogP contribution in [0.5, 0.6) is 0 Å². The Labute approximate surface area is 116 Å². The van der Waals surface area contributed by atoms with E-state index in [-0.39, 0.29) is 11.9 Å². The highest BCUT2D eigenvalue weighted by Gasteiger charge is 2.43. The standard InChI is InChI=1S/C14H17IO2/c1-2-17-14(16)13-9-11(13)6-3-10-4-7-12(15)8-5-10/h4-5,7-8,11,13H,2-3,6,9H2,1H3/t11-,13-/m1/s1. The minimum atomic E-state index is 0.000102. The van der Waals surface area contributed by atoms with Crippen LogP contribution in [0.1, 0.15) is 25.3 Å². The molecule has 0 heterocycles. The summed E-state index contributed by atoms with van der Waals surface area (Å²) in [6, 6.07) is 8.60. The van der Waals surface area contributed by atoms with Crippen LogP contribution < -0.4 is 0 Å². The van der Waals surface area contributed by atoms with Crippen molar-refractivity contribution in [2.24, 2.45) is 11.8 Å². The molecule has 0 saturated heterocycles. The fourth-order valence-corrected chi connectivity index (χ4v) is 2.47. The predicted octanol–water partition coefficient (Wildman–Crippen LogP) is 3.42. The molecule has 2 atom stereocenters. The smallest absolute Gasteiger partial charge is 0.309 e. The van der Waals surface area contributed by atoms with Gasteiger partial charge in [-0.1, -0.05) is 12.1 Å². The summed E-state index contributed by atoms with van der Waals surface area (Å²) in [4.78, 5) is 11.4. The van der Waals surface area contributed by atoms with Gasteiger partial charge in [0, 0.05) is 3.57 Å². The molecule has 0 radical (unpaired) electrons. The quantitative estimate of drug-likeness (QED) is 0.604. The molecule has 92 valence electrons. The van der Waals surface area contributed by atoms with Crippen LogP contribution in [0.15, 0.2) is 24.3 Å². The first-order valence-electron chi connectivity index (χ1n) is 6.11. The van der Waals surface area contributed by atoms with E-state index in [0.29, 0.717) is 12.5 Å². The van der Waals surface area contributed by atoms with Crippen LogP contribution in [0.4, 0.5) is 0 Å². The second-order valence-electron chi connectivity index (χ2n) is 4.52. The summed E-state index contributed by atoms with van der Waals surface area (Å²) in [6.07, 6.45) is 3.19. The number of rotatable bonds is 5. The topological polar surface area (TPSA) is 26.3 Å². The summed E-state index contributed by atoms with van der Waals surface area (Å²) in [5, 5.41) is 0. The molecule has 0 N–H and O–H groups in total. The van der Waals surface area contributed by atoms with Gasteiger partial charge in [0.25, 0.3) is 0 Å². The molecule has 0 aromatic heterocycles. The summed E-state index contributed by atoms with van der Waals surface area (Å²) >= 11 is 2.31. The maximum Gasteiger partial charge on any atom is 0.309 e. The lowest BCUT2D eigenvalue weighted by Crippen LogP contribution is -2.07. The molecule has 1 aromatic carbocycles. The van der Waals surface area contributed by atoms with Gasteiger partial charge < -0.3 is 4.74 Å². The van der Waals surface area contributed by atoms with Gasteiger partial charge in [0.15, 0.2) is 0 Å². The van der Waals surface area contributed by atoms with Gasteiger partial charge in [0.2, 0.25) is 0 Å². The SMILES string of the molecule is CCOC(=O)[C@@H]1C[C@H]1CCc1ccc(I)cc1. The first-order valence-corrected chi connectivity index (χ1v) is 7.19. The Morgan fingerprint density at radius 3 is 2.76 bits per heavy atom. The van der Waals surface area contributed by atoms with Gasteiger partial charge in [-0.05, 0) is 72.4 Å². The molecular weight excluding hydrogens is 327 g/mol. The molecule has 1 saturated carbocycles. The van der Waals surface area contributed by atoms with E-state index < -0.39 is 0 Å². The van der Waals surface area contributed by atoms with Crippen molar-refractivity contribution in [1.82, 2.24) is 0 Å². The zero-order valence-electron chi connectivity index (χ0n) is 9.99. The van der Waals surface area contributed by atoms with Crippen LogP contribution in [0.2, 0.25) is 0 Å². The van der Waals surface area contributed by atoms with Crippen molar-refractivity contribution in [3.05, 3.63) is 33.4 Å². The largest absolute Gasteiger partial charge is 0.466 e. The summed E-state index contributed by atoms with van der Waals surface area (Å²) in [5.41, 5.74) is 1.36. The Kier molecular flexibility index (Phi) is 4.42. The van der Waals surface area contributed by atoms with Crippen LogP contribution in [0.25, 0.3) is 0 Å². The lowest BCUT2D eigenvalue weighted by atomic mass is 10.1. The lowest BCUT2D eigenvalue weighted by Gasteiger charge is -2.02. The third kappa shape index (κ3) is 3.69. The van der Waals surface area contributed by atoms with Gasteiger partial charge >= 0.3 is 5.97 Å². The monoisotopic (exact) mass is 344 g/mol. The zero-order chi connectivity index (χ0) is 12.3. The molecule has 1 aliphatic carbocycles. The Morgan fingerprint density at radius 2 is 2.12 bits per heavy atom. The predicted molar refractivity (Wildman–Crippen MR) is 75.7 cm³/mol. The van der Waals surface area contributed by atoms with Gasteiger partial charge in [0.05, 0.1) is 12.5 Å². The maximum absolute atomic E-state index is 11.4. The van der Waals surface area contributed by atoms with Crippen molar-refractivity contribution in [3.8, 4) is 0 Å². The maximum atomic E-state index is 11.4. The van der Waals surface area contributed by atoms with Crippen molar-refractivity contribution >= 4 is 28.6 Å². The first-order chi connectivity index (χ1) is 8.20. The van der Waals surface area contributed by atoms with Crippen LogP contribution in [0, 0.1) is 15.4 Å². The van der Waals surface area contributed by atoms with Gasteiger partial charge in [0.1, 0.15) is 0 Å². The van der Waals surface area contributed by atoms with Crippen LogP contribution in [-0.4, -0.2) is 12.6 Å². The number of esters is 1. The Bertz CT molecular complexity index is 386. The normalized spacial score (nSPS) is 22.2. The highest BCUT2D eigenvalue weighted by Crippen LogP contribution is 2.42. The fraction of sp³-hybridized carbons (Fsp3) is 0.500. The van der Waals surface area contributed by atoms with E-state index in [0.717, 1.165) is 19.3 Å². The lowest BCUT2D eigenvalue weighted by molar-refractivity contribution is -0.145. The molecule has 0 bridgehead atoms. The minimum Gasteiger partial charge on any atom is -0.466 e. The highest BCUT2D eigenvalue weighted by molar-refractivity contribution is 14.1. The summed E-state index contributed by atoms with van der Waals surface area (Å²) in [6.45, 7) is 2.36. The molecule has 0 spiro atoms. The molecule has 1 aromatic rings. The Morgan fingerprint density at radius 1 is 1.41 bits per heavy atom. The van der Waals surface area contributed by atoms with Crippen molar-refractivity contribution in [1.29, 1.82) is 0 Å². The fourth-order valence-electron chi connectivity index (χ4n) is 2.11. The molecule has 1 fully saturated rings. The van der Waals surface area contributed by atoms with Gasteiger partial charge in [-0.25, -0.2) is 0 Å². The Hall–Kier alpha value is -0.580. The van der Waals surface area contributed by atoms with Crippen molar-refractivity contribution in [3.63, 3.8) is 0 Å². The molecule has 2 rings (SSSR count). The number of hydrogen-bond acceptors (Lipinski definition) is 2. The van der Waals surface area contributed by atoms with Gasteiger partial charge in [-0.2, -0.15) is 0 Å². The number of ether oxygens (including phenoxy) is 1. The molecule has 1 aliphatic rings.